The number of ether oxygens (including phenoxy) is 1. The number of likely N-dealkylation sites (tertiary alicyclic amines) is 1. The zero-order chi connectivity index (χ0) is 30.5. The van der Waals surface area contributed by atoms with Gasteiger partial charge in [-0.1, -0.05) is 11.6 Å². The van der Waals surface area contributed by atoms with E-state index < -0.39 is 51.1 Å². The van der Waals surface area contributed by atoms with Gasteiger partial charge in [-0.05, 0) is 90.2 Å². The van der Waals surface area contributed by atoms with Gasteiger partial charge in [-0.2, -0.15) is 0 Å². The largest absolute Gasteiger partial charge is 0.504 e. The van der Waals surface area contributed by atoms with Crippen LogP contribution >= 0.6 is 45.8 Å². The lowest BCUT2D eigenvalue weighted by atomic mass is 9.56. The first kappa shape index (κ1) is 29.1. The molecule has 4 amide bonds. The number of imide groups is 2. The molecule has 6 unspecified atom stereocenters. The number of benzene rings is 2. The molecule has 42 heavy (non-hydrogen) atoms. The summed E-state index contributed by atoms with van der Waals surface area (Å²) in [6.07, 6.45) is 1.93. The summed E-state index contributed by atoms with van der Waals surface area (Å²) in [7, 11) is 2.72. The second kappa shape index (κ2) is 9.78. The van der Waals surface area contributed by atoms with Gasteiger partial charge in [0.15, 0.2) is 27.0 Å². The Morgan fingerprint density at radius 3 is 2.33 bits per heavy atom. The van der Waals surface area contributed by atoms with Crippen molar-refractivity contribution in [3.63, 3.8) is 0 Å². The molecule has 2 aliphatic heterocycles. The molecule has 2 saturated heterocycles. The predicted octanol–water partition coefficient (Wildman–Crippen LogP) is 4.40. The quantitative estimate of drug-likeness (QED) is 0.163. The van der Waals surface area contributed by atoms with Crippen molar-refractivity contribution in [1.29, 1.82) is 0 Å². The fourth-order valence-corrected chi connectivity index (χ4v) is 8.78. The third-order valence-corrected chi connectivity index (χ3v) is 11.4. The lowest BCUT2D eigenvalue weighted by molar-refractivity contribution is -0.138. The SMILES string of the molecule is COc1cc(C2C3=CCC4C(=O)N(c5ccc(C(C)=O)cc5)C(=O)C4C3CC3(Cl)C(=O)N(C)C(=O)C23Cl)cc(I)c1O. The highest BCUT2D eigenvalue weighted by Crippen LogP contribution is 2.65. The van der Waals surface area contributed by atoms with Gasteiger partial charge in [0.05, 0.1) is 28.2 Å². The summed E-state index contributed by atoms with van der Waals surface area (Å²) in [6, 6.07) is 9.46. The molecule has 6 rings (SSSR count). The van der Waals surface area contributed by atoms with Crippen molar-refractivity contribution in [2.45, 2.75) is 35.4 Å². The minimum atomic E-state index is -1.94. The molecule has 2 heterocycles. The van der Waals surface area contributed by atoms with Crippen molar-refractivity contribution in [3.05, 3.63) is 62.7 Å². The second-order valence-corrected chi connectivity index (χ2v) is 13.6. The number of carbonyl (C=O) groups excluding carboxylic acids is 5. The normalized spacial score (nSPS) is 32.0. The first-order valence-electron chi connectivity index (χ1n) is 13.2. The number of rotatable bonds is 4. The maximum absolute atomic E-state index is 14.1. The highest BCUT2D eigenvalue weighted by atomic mass is 127. The van der Waals surface area contributed by atoms with E-state index in [0.29, 0.717) is 26.0 Å². The molecule has 1 saturated carbocycles. The fourth-order valence-electron chi connectivity index (χ4n) is 7.13. The number of allylic oxidation sites excluding steroid dienone is 2. The third-order valence-electron chi connectivity index (χ3n) is 9.15. The number of anilines is 1. The Balaban J connectivity index is 1.50. The molecule has 2 aromatic rings. The van der Waals surface area contributed by atoms with Crippen LogP contribution in [0.15, 0.2) is 48.0 Å². The van der Waals surface area contributed by atoms with E-state index in [4.69, 9.17) is 27.9 Å². The number of hydrogen-bond donors (Lipinski definition) is 1. The zero-order valence-electron chi connectivity index (χ0n) is 22.7. The Labute approximate surface area is 264 Å². The third kappa shape index (κ3) is 3.70. The van der Waals surface area contributed by atoms with E-state index >= 15 is 0 Å². The molecule has 0 bridgehead atoms. The molecule has 6 atom stereocenters. The molecule has 218 valence electrons. The number of nitrogens with zero attached hydrogens (tertiary/aromatic N) is 2. The van der Waals surface area contributed by atoms with E-state index in [1.807, 2.05) is 28.7 Å². The maximum atomic E-state index is 14.1. The number of methoxy groups -OCH3 is 1. The Bertz CT molecular complexity index is 1640. The van der Waals surface area contributed by atoms with Crippen LogP contribution in [0, 0.1) is 21.3 Å². The maximum Gasteiger partial charge on any atom is 0.253 e. The Morgan fingerprint density at radius 2 is 1.71 bits per heavy atom. The summed E-state index contributed by atoms with van der Waals surface area (Å²) in [4.78, 5) is 65.0. The Kier molecular flexibility index (Phi) is 6.78. The summed E-state index contributed by atoms with van der Waals surface area (Å²) in [5.41, 5.74) is 1.91. The zero-order valence-corrected chi connectivity index (χ0v) is 26.4. The number of carbonyl (C=O) groups is 5. The first-order chi connectivity index (χ1) is 19.8. The Morgan fingerprint density at radius 1 is 1.05 bits per heavy atom. The summed E-state index contributed by atoms with van der Waals surface area (Å²) in [5, 5.41) is 10.5. The molecular weight excluding hydrogens is 698 g/mol. The topological polar surface area (TPSA) is 121 Å². The van der Waals surface area contributed by atoms with Crippen LogP contribution in [0.3, 0.4) is 0 Å². The van der Waals surface area contributed by atoms with Crippen LogP contribution in [-0.4, -0.2) is 63.3 Å². The van der Waals surface area contributed by atoms with Crippen LogP contribution in [0.1, 0.15) is 41.6 Å². The molecule has 4 aliphatic rings. The van der Waals surface area contributed by atoms with Gasteiger partial charge >= 0.3 is 0 Å². The summed E-state index contributed by atoms with van der Waals surface area (Å²) < 4.78 is 5.81. The number of ketones is 1. The summed E-state index contributed by atoms with van der Waals surface area (Å²) in [6.45, 7) is 1.43. The van der Waals surface area contributed by atoms with Crippen LogP contribution in [0.25, 0.3) is 0 Å². The number of halogens is 3. The van der Waals surface area contributed by atoms with E-state index in [0.717, 1.165) is 9.80 Å². The van der Waals surface area contributed by atoms with Crippen molar-refractivity contribution in [1.82, 2.24) is 4.90 Å². The van der Waals surface area contributed by atoms with Crippen LogP contribution in [0.5, 0.6) is 11.5 Å². The van der Waals surface area contributed by atoms with Crippen molar-refractivity contribution in [3.8, 4) is 11.5 Å². The van der Waals surface area contributed by atoms with Crippen molar-refractivity contribution in [2.75, 3.05) is 19.1 Å². The Hall–Kier alpha value is -2.96. The van der Waals surface area contributed by atoms with Gasteiger partial charge in [0.1, 0.15) is 0 Å². The van der Waals surface area contributed by atoms with Gasteiger partial charge in [0.25, 0.3) is 11.8 Å². The number of aromatic hydroxyl groups is 1. The number of amides is 4. The fraction of sp³-hybridized carbons (Fsp3) is 0.367. The van der Waals surface area contributed by atoms with Gasteiger partial charge < -0.3 is 9.84 Å². The average molecular weight is 723 g/mol. The van der Waals surface area contributed by atoms with Crippen molar-refractivity contribution < 1.29 is 33.8 Å². The minimum Gasteiger partial charge on any atom is -0.504 e. The molecule has 0 aromatic heterocycles. The van der Waals surface area contributed by atoms with Gasteiger partial charge in [-0.25, -0.2) is 0 Å². The lowest BCUT2D eigenvalue weighted by Crippen LogP contribution is -2.60. The van der Waals surface area contributed by atoms with Crippen LogP contribution < -0.4 is 9.64 Å². The standard InChI is InChI=1S/C30H25Cl2IN2O7/c1-13(36)14-4-6-16(7-5-14)35-25(38)18-9-8-17-19(22(18)26(35)39)12-29(31)27(40)34(2)28(41)30(29,32)23(17)15-10-20(33)24(37)21(11-15)42-3/h4-8,10-11,18-19,22-23,37H,9,12H2,1-3H3. The predicted molar refractivity (Wildman–Crippen MR) is 162 cm³/mol. The molecule has 0 radical (unpaired) electrons. The van der Waals surface area contributed by atoms with E-state index in [1.54, 1.807) is 36.4 Å². The second-order valence-electron chi connectivity index (χ2n) is 11.2. The molecule has 3 fully saturated rings. The van der Waals surface area contributed by atoms with E-state index in [-0.39, 0.29) is 36.0 Å². The number of alkyl halides is 2. The first-order valence-corrected chi connectivity index (χ1v) is 15.1. The molecule has 2 aliphatic carbocycles. The van der Waals surface area contributed by atoms with Crippen LogP contribution in [0.4, 0.5) is 5.69 Å². The lowest BCUT2D eigenvalue weighted by Gasteiger charge is -2.50. The van der Waals surface area contributed by atoms with Crippen molar-refractivity contribution >= 4 is 80.9 Å². The number of phenolic OH excluding ortho intramolecular Hbond substituents is 1. The average Bonchev–Trinajstić information content (AvgIpc) is 3.29. The molecular formula is C30H25Cl2IN2O7. The number of phenols is 1. The van der Waals surface area contributed by atoms with E-state index in [1.165, 1.54) is 21.1 Å². The highest BCUT2D eigenvalue weighted by Gasteiger charge is 2.76. The van der Waals surface area contributed by atoms with Gasteiger partial charge in [-0.3, -0.25) is 33.8 Å². The van der Waals surface area contributed by atoms with E-state index in [2.05, 4.69) is 0 Å². The van der Waals surface area contributed by atoms with Gasteiger partial charge in [0.2, 0.25) is 11.8 Å². The molecule has 0 spiro atoms. The molecule has 9 nitrogen and oxygen atoms in total. The summed E-state index contributed by atoms with van der Waals surface area (Å²) in [5.74, 6) is -5.47. The van der Waals surface area contributed by atoms with Gasteiger partial charge in [0, 0.05) is 18.5 Å². The molecule has 12 heteroatoms. The van der Waals surface area contributed by atoms with Crippen LogP contribution in [0.2, 0.25) is 0 Å². The van der Waals surface area contributed by atoms with E-state index in [9.17, 15) is 29.1 Å². The molecule has 2 aromatic carbocycles. The minimum absolute atomic E-state index is 0.0957. The van der Waals surface area contributed by atoms with Gasteiger partial charge in [-0.15, -0.1) is 23.2 Å². The number of hydrogen-bond acceptors (Lipinski definition) is 7. The highest BCUT2D eigenvalue weighted by molar-refractivity contribution is 14.1. The monoisotopic (exact) mass is 722 g/mol. The van der Waals surface area contributed by atoms with Crippen LogP contribution in [-0.2, 0) is 19.2 Å². The molecule has 1 N–H and O–H groups in total. The van der Waals surface area contributed by atoms with Crippen molar-refractivity contribution in [2.24, 2.45) is 17.8 Å². The number of fused-ring (bicyclic) bond motifs is 4. The smallest absolute Gasteiger partial charge is 0.253 e. The summed E-state index contributed by atoms with van der Waals surface area (Å²) >= 11 is 16.3. The number of Topliss-reactive ketones (excluding diaryl/α,β-unsaturated/α-hetero) is 1.